The number of hydrogen-bond acceptors (Lipinski definition) is 6. The number of aryl methyl sites for hydroxylation is 3. The summed E-state index contributed by atoms with van der Waals surface area (Å²) < 4.78 is 6.13. The summed E-state index contributed by atoms with van der Waals surface area (Å²) in [6.45, 7) is 11.4. The Hall–Kier alpha value is -2.21. The normalized spacial score (nSPS) is 20.6. The number of aromatic nitrogens is 3. The van der Waals surface area contributed by atoms with Gasteiger partial charge in [0.15, 0.2) is 0 Å². The molecule has 138 valence electrons. The molecule has 1 atom stereocenters. The van der Waals surface area contributed by atoms with Crippen molar-refractivity contribution in [3.8, 4) is 5.88 Å². The molecular formula is C20H27N5O. The van der Waals surface area contributed by atoms with Crippen LogP contribution in [0.25, 0.3) is 0 Å². The lowest BCUT2D eigenvalue weighted by Gasteiger charge is -2.25. The third-order valence-electron chi connectivity index (χ3n) is 5.38. The second-order valence-corrected chi connectivity index (χ2v) is 7.39. The maximum atomic E-state index is 6.13. The molecule has 0 bridgehead atoms. The molecule has 6 nitrogen and oxygen atoms in total. The summed E-state index contributed by atoms with van der Waals surface area (Å²) in [4.78, 5) is 18.2. The Morgan fingerprint density at radius 3 is 2.85 bits per heavy atom. The van der Waals surface area contributed by atoms with Crippen LogP contribution in [0.3, 0.4) is 0 Å². The van der Waals surface area contributed by atoms with Gasteiger partial charge in [0.05, 0.1) is 0 Å². The molecule has 0 radical (unpaired) electrons. The van der Waals surface area contributed by atoms with E-state index in [-0.39, 0.29) is 6.10 Å². The summed E-state index contributed by atoms with van der Waals surface area (Å²) in [6, 6.07) is 2.13. The molecule has 0 aromatic carbocycles. The highest BCUT2D eigenvalue weighted by atomic mass is 16.5. The van der Waals surface area contributed by atoms with Crippen LogP contribution in [0, 0.1) is 20.8 Å². The van der Waals surface area contributed by atoms with Crippen molar-refractivity contribution in [1.29, 1.82) is 0 Å². The topological polar surface area (TPSA) is 54.4 Å². The summed E-state index contributed by atoms with van der Waals surface area (Å²) in [6.07, 6.45) is 6.12. The smallest absolute Gasteiger partial charge is 0.220 e. The minimum Gasteiger partial charge on any atom is -0.472 e. The molecule has 4 rings (SSSR count). The van der Waals surface area contributed by atoms with Crippen molar-refractivity contribution < 1.29 is 4.74 Å². The molecule has 2 aromatic rings. The number of fused-ring (bicyclic) bond motifs is 1. The van der Waals surface area contributed by atoms with E-state index in [9.17, 15) is 0 Å². The zero-order chi connectivity index (χ0) is 18.1. The molecule has 0 saturated carbocycles. The molecule has 2 aliphatic rings. The van der Waals surface area contributed by atoms with Crippen molar-refractivity contribution in [2.75, 3.05) is 37.6 Å². The lowest BCUT2D eigenvalue weighted by Crippen LogP contribution is -2.37. The van der Waals surface area contributed by atoms with Crippen LogP contribution in [0.15, 0.2) is 18.5 Å². The highest BCUT2D eigenvalue weighted by Crippen LogP contribution is 2.29. The molecule has 6 heteroatoms. The fourth-order valence-corrected chi connectivity index (χ4v) is 4.07. The van der Waals surface area contributed by atoms with Crippen molar-refractivity contribution in [2.24, 2.45) is 0 Å². The van der Waals surface area contributed by atoms with E-state index in [4.69, 9.17) is 4.74 Å². The van der Waals surface area contributed by atoms with Crippen molar-refractivity contribution in [2.45, 2.75) is 39.7 Å². The molecule has 0 N–H and O–H groups in total. The van der Waals surface area contributed by atoms with Crippen molar-refractivity contribution in [3.63, 3.8) is 0 Å². The van der Waals surface area contributed by atoms with Gasteiger partial charge >= 0.3 is 0 Å². The number of rotatable bonds is 3. The molecule has 26 heavy (non-hydrogen) atoms. The van der Waals surface area contributed by atoms with E-state index < -0.39 is 0 Å². The van der Waals surface area contributed by atoms with Gasteiger partial charge in [0, 0.05) is 68.5 Å². The minimum atomic E-state index is 0.189. The van der Waals surface area contributed by atoms with Crippen molar-refractivity contribution in [3.05, 3.63) is 41.1 Å². The number of nitrogens with zero attached hydrogens (tertiary/aromatic N) is 5. The summed E-state index contributed by atoms with van der Waals surface area (Å²) >= 11 is 0. The quantitative estimate of drug-likeness (QED) is 0.844. The Morgan fingerprint density at radius 2 is 2.00 bits per heavy atom. The van der Waals surface area contributed by atoms with E-state index in [1.807, 2.05) is 19.3 Å². The molecule has 2 aromatic heterocycles. The van der Waals surface area contributed by atoms with Crippen molar-refractivity contribution >= 4 is 5.69 Å². The van der Waals surface area contributed by atoms with Crippen LogP contribution in [0.4, 0.5) is 5.69 Å². The number of pyridine rings is 1. The first kappa shape index (κ1) is 17.2. The highest BCUT2D eigenvalue weighted by molar-refractivity contribution is 5.51. The standard InChI is InChI=1S/C20H27N5O/c1-14-12-21-6-5-19(14)25-8-4-7-24(9-10-25)13-17-11-18-15(2)22-16(3)23-20(18)26-17/h5-6,12,17H,4,7-11,13H2,1-3H3. The molecule has 0 spiro atoms. The van der Waals surface area contributed by atoms with Gasteiger partial charge < -0.3 is 9.64 Å². The van der Waals surface area contributed by atoms with Crippen LogP contribution in [0.5, 0.6) is 5.88 Å². The van der Waals surface area contributed by atoms with Gasteiger partial charge in [-0.05, 0) is 38.8 Å². The van der Waals surface area contributed by atoms with Crippen LogP contribution in [-0.2, 0) is 6.42 Å². The summed E-state index contributed by atoms with van der Waals surface area (Å²) in [5.41, 5.74) is 4.81. The monoisotopic (exact) mass is 353 g/mol. The first-order chi connectivity index (χ1) is 12.6. The molecule has 2 aliphatic heterocycles. The van der Waals surface area contributed by atoms with Gasteiger partial charge in [-0.2, -0.15) is 4.98 Å². The van der Waals surface area contributed by atoms with Crippen LogP contribution < -0.4 is 9.64 Å². The van der Waals surface area contributed by atoms with E-state index >= 15 is 0 Å². The minimum absolute atomic E-state index is 0.189. The second kappa shape index (κ2) is 7.19. The summed E-state index contributed by atoms with van der Waals surface area (Å²) in [5.74, 6) is 1.59. The van der Waals surface area contributed by atoms with Gasteiger partial charge in [0.25, 0.3) is 0 Å². The number of hydrogen-bond donors (Lipinski definition) is 0. The van der Waals surface area contributed by atoms with E-state index in [2.05, 4.69) is 44.7 Å². The zero-order valence-corrected chi connectivity index (χ0v) is 15.9. The Morgan fingerprint density at radius 1 is 1.12 bits per heavy atom. The Kier molecular flexibility index (Phi) is 4.76. The van der Waals surface area contributed by atoms with Gasteiger partial charge in [0.1, 0.15) is 11.9 Å². The third kappa shape index (κ3) is 3.51. The lowest BCUT2D eigenvalue weighted by molar-refractivity contribution is 0.152. The van der Waals surface area contributed by atoms with Crippen molar-refractivity contribution in [1.82, 2.24) is 19.9 Å². The lowest BCUT2D eigenvalue weighted by atomic mass is 10.1. The molecule has 1 unspecified atom stereocenters. The zero-order valence-electron chi connectivity index (χ0n) is 15.9. The Labute approximate surface area is 155 Å². The average Bonchev–Trinajstić information content (AvgIpc) is 2.86. The van der Waals surface area contributed by atoms with Crippen LogP contribution >= 0.6 is 0 Å². The van der Waals surface area contributed by atoms with Crippen LogP contribution in [-0.4, -0.2) is 58.7 Å². The maximum Gasteiger partial charge on any atom is 0.220 e. The van der Waals surface area contributed by atoms with Gasteiger partial charge in [0.2, 0.25) is 5.88 Å². The third-order valence-corrected chi connectivity index (χ3v) is 5.38. The van der Waals surface area contributed by atoms with Crippen LogP contribution in [0.1, 0.15) is 29.1 Å². The SMILES string of the molecule is Cc1nc(C)c2c(n1)OC(CN1CCCN(c3ccncc3C)CC1)C2. The molecule has 4 heterocycles. The van der Waals surface area contributed by atoms with Crippen LogP contribution in [0.2, 0.25) is 0 Å². The van der Waals surface area contributed by atoms with Gasteiger partial charge in [-0.25, -0.2) is 4.98 Å². The maximum absolute atomic E-state index is 6.13. The molecular weight excluding hydrogens is 326 g/mol. The summed E-state index contributed by atoms with van der Waals surface area (Å²) in [7, 11) is 0. The molecule has 0 amide bonds. The first-order valence-electron chi connectivity index (χ1n) is 9.49. The predicted octanol–water partition coefficient (Wildman–Crippen LogP) is 2.31. The second-order valence-electron chi connectivity index (χ2n) is 7.39. The van der Waals surface area contributed by atoms with E-state index in [1.54, 1.807) is 0 Å². The predicted molar refractivity (Wildman–Crippen MR) is 102 cm³/mol. The van der Waals surface area contributed by atoms with E-state index in [1.165, 1.54) is 23.2 Å². The molecule has 0 aliphatic carbocycles. The summed E-state index contributed by atoms with van der Waals surface area (Å²) in [5, 5.41) is 0. The van der Waals surface area contributed by atoms with E-state index in [0.29, 0.717) is 0 Å². The van der Waals surface area contributed by atoms with Gasteiger partial charge in [-0.3, -0.25) is 9.88 Å². The highest BCUT2D eigenvalue weighted by Gasteiger charge is 2.29. The number of ether oxygens (including phenoxy) is 1. The van der Waals surface area contributed by atoms with Gasteiger partial charge in [-0.1, -0.05) is 0 Å². The molecule has 1 saturated heterocycles. The number of anilines is 1. The first-order valence-corrected chi connectivity index (χ1v) is 9.49. The molecule has 1 fully saturated rings. The fraction of sp³-hybridized carbons (Fsp3) is 0.550. The Bertz CT molecular complexity index is 794. The van der Waals surface area contributed by atoms with E-state index in [0.717, 1.165) is 56.5 Å². The average molecular weight is 353 g/mol. The fourth-order valence-electron chi connectivity index (χ4n) is 4.07. The Balaban J connectivity index is 1.37. The largest absolute Gasteiger partial charge is 0.472 e. The van der Waals surface area contributed by atoms with Gasteiger partial charge in [-0.15, -0.1) is 0 Å².